The van der Waals surface area contributed by atoms with Crippen molar-refractivity contribution in [3.8, 4) is 0 Å². The maximum atomic E-state index is 13.2. The number of ether oxygens (including phenoxy) is 1. The standard InChI is InChI=1S/C22H27N5O6S4/c1-2-3-4-5-6-33-26-15(14-11-34-8-7-32-14)18(28)24-16-19(29)27-17(21(30)31)13(9-35-20(16)27)10-36-22-25-23-12-37-22/h11-12,16,20H,2-10H2,1H3,(H,24,28)(H,30,31)/t16?,20-/m0/s1. The predicted octanol–water partition coefficient (Wildman–Crippen LogP) is 2.93. The third kappa shape index (κ3) is 6.81. The van der Waals surface area contributed by atoms with Crippen LogP contribution in [0.4, 0.5) is 0 Å². The van der Waals surface area contributed by atoms with Crippen molar-refractivity contribution in [2.45, 2.75) is 48.4 Å². The average Bonchev–Trinajstić information content (AvgIpc) is 3.43. The molecule has 2 N–H and O–H groups in total. The van der Waals surface area contributed by atoms with Gasteiger partial charge in [-0.15, -0.1) is 33.7 Å². The highest BCUT2D eigenvalue weighted by atomic mass is 32.2. The molecule has 1 fully saturated rings. The zero-order valence-corrected chi connectivity index (χ0v) is 23.3. The third-order valence-corrected chi connectivity index (χ3v) is 9.66. The van der Waals surface area contributed by atoms with Crippen molar-refractivity contribution in [2.75, 3.05) is 30.5 Å². The lowest BCUT2D eigenvalue weighted by molar-refractivity contribution is -0.150. The molecule has 0 bridgehead atoms. The van der Waals surface area contributed by atoms with Crippen molar-refractivity contribution in [2.24, 2.45) is 5.16 Å². The Hall–Kier alpha value is -2.23. The molecule has 1 saturated heterocycles. The molecular formula is C22H27N5O6S4. The molecule has 0 aromatic carbocycles. The summed E-state index contributed by atoms with van der Waals surface area (Å²) in [6.07, 6.45) is 4.02. The Morgan fingerprint density at radius 2 is 2.24 bits per heavy atom. The number of amides is 2. The number of aliphatic carboxylic acids is 1. The van der Waals surface area contributed by atoms with Crippen molar-refractivity contribution in [3.63, 3.8) is 0 Å². The number of oxime groups is 1. The van der Waals surface area contributed by atoms with Gasteiger partial charge < -0.3 is 20.0 Å². The first kappa shape index (κ1) is 27.8. The van der Waals surface area contributed by atoms with Crippen LogP contribution < -0.4 is 5.32 Å². The first-order valence-corrected chi connectivity index (χ1v) is 15.7. The van der Waals surface area contributed by atoms with E-state index in [0.29, 0.717) is 36.1 Å². The molecule has 200 valence electrons. The molecule has 2 atom stereocenters. The molecule has 1 aromatic heterocycles. The van der Waals surface area contributed by atoms with Crippen LogP contribution >= 0.6 is 46.6 Å². The molecule has 0 spiro atoms. The molecule has 3 aliphatic heterocycles. The number of thioether (sulfide) groups is 3. The minimum absolute atomic E-state index is 0.0297. The van der Waals surface area contributed by atoms with Gasteiger partial charge in [0.2, 0.25) is 5.71 Å². The van der Waals surface area contributed by atoms with Crippen molar-refractivity contribution in [3.05, 3.63) is 27.9 Å². The Kier molecular flexibility index (Phi) is 10.2. The minimum atomic E-state index is -1.17. The van der Waals surface area contributed by atoms with Crippen molar-refractivity contribution in [1.29, 1.82) is 0 Å². The predicted molar refractivity (Wildman–Crippen MR) is 144 cm³/mol. The molecular weight excluding hydrogens is 559 g/mol. The molecule has 1 aromatic rings. The number of nitrogens with zero attached hydrogens (tertiary/aromatic N) is 4. The van der Waals surface area contributed by atoms with E-state index >= 15 is 0 Å². The van der Waals surface area contributed by atoms with Crippen LogP contribution in [0.5, 0.6) is 0 Å². The Morgan fingerprint density at radius 1 is 1.38 bits per heavy atom. The van der Waals surface area contributed by atoms with Gasteiger partial charge >= 0.3 is 5.97 Å². The summed E-state index contributed by atoms with van der Waals surface area (Å²) in [4.78, 5) is 44.9. The summed E-state index contributed by atoms with van der Waals surface area (Å²) < 4.78 is 6.34. The zero-order chi connectivity index (χ0) is 26.2. The van der Waals surface area contributed by atoms with Gasteiger partial charge in [-0.1, -0.05) is 48.0 Å². The van der Waals surface area contributed by atoms with Gasteiger partial charge in [0.25, 0.3) is 11.8 Å². The topological polar surface area (TPSA) is 143 Å². The number of fused-ring (bicyclic) bond motifs is 1. The number of carboxylic acid groups (broad SMARTS) is 1. The number of rotatable bonds is 13. The number of β-lactam (4-membered cyclic amide) rings is 1. The van der Waals surface area contributed by atoms with Gasteiger partial charge in [-0.05, 0) is 18.4 Å². The molecule has 4 heterocycles. The number of nitrogens with one attached hydrogen (secondary N) is 1. The molecule has 0 saturated carbocycles. The van der Waals surface area contributed by atoms with Gasteiger partial charge in [0.15, 0.2) is 10.1 Å². The van der Waals surface area contributed by atoms with Crippen LogP contribution in [0.15, 0.2) is 37.4 Å². The highest BCUT2D eigenvalue weighted by Gasteiger charge is 2.54. The molecule has 3 aliphatic rings. The molecule has 0 radical (unpaired) electrons. The number of aromatic nitrogens is 2. The highest BCUT2D eigenvalue weighted by Crippen LogP contribution is 2.41. The molecule has 0 aliphatic carbocycles. The molecule has 2 amide bonds. The fourth-order valence-electron chi connectivity index (χ4n) is 3.77. The maximum Gasteiger partial charge on any atom is 0.352 e. The molecule has 11 nitrogen and oxygen atoms in total. The summed E-state index contributed by atoms with van der Waals surface area (Å²) in [5.41, 5.74) is 2.17. The second-order valence-electron chi connectivity index (χ2n) is 8.15. The normalized spacial score (nSPS) is 21.5. The van der Waals surface area contributed by atoms with Crippen LogP contribution in [-0.2, 0) is 24.0 Å². The van der Waals surface area contributed by atoms with Crippen molar-refractivity contribution < 1.29 is 29.1 Å². The number of hydrogen-bond acceptors (Lipinski definition) is 12. The fourth-order valence-corrected chi connectivity index (χ4v) is 7.37. The Bertz CT molecular complexity index is 1090. The number of unbranched alkanes of at least 4 members (excludes halogenated alkanes) is 3. The zero-order valence-electron chi connectivity index (χ0n) is 20.1. The van der Waals surface area contributed by atoms with Crippen molar-refractivity contribution in [1.82, 2.24) is 20.4 Å². The van der Waals surface area contributed by atoms with Crippen LogP contribution in [0.1, 0.15) is 32.6 Å². The summed E-state index contributed by atoms with van der Waals surface area (Å²) in [5, 5.41) is 25.6. The lowest BCUT2D eigenvalue weighted by Crippen LogP contribution is -2.71. The molecule has 15 heteroatoms. The van der Waals surface area contributed by atoms with E-state index < -0.39 is 29.2 Å². The van der Waals surface area contributed by atoms with Gasteiger partial charge in [0.1, 0.15) is 29.2 Å². The highest BCUT2D eigenvalue weighted by molar-refractivity contribution is 8.02. The van der Waals surface area contributed by atoms with E-state index in [0.717, 1.165) is 35.8 Å². The largest absolute Gasteiger partial charge is 0.490 e. The lowest BCUT2D eigenvalue weighted by atomic mass is 10.0. The smallest absolute Gasteiger partial charge is 0.352 e. The van der Waals surface area contributed by atoms with Gasteiger partial charge in [0, 0.05) is 22.7 Å². The van der Waals surface area contributed by atoms with Gasteiger partial charge in [-0.25, -0.2) is 4.79 Å². The van der Waals surface area contributed by atoms with Gasteiger partial charge in [-0.2, -0.15) is 0 Å². The molecule has 1 unspecified atom stereocenters. The van der Waals surface area contributed by atoms with Crippen LogP contribution in [0.3, 0.4) is 0 Å². The number of hydrogen-bond donors (Lipinski definition) is 2. The Labute approximate surface area is 230 Å². The van der Waals surface area contributed by atoms with Crippen LogP contribution in [0.25, 0.3) is 0 Å². The monoisotopic (exact) mass is 585 g/mol. The average molecular weight is 586 g/mol. The summed E-state index contributed by atoms with van der Waals surface area (Å²) >= 11 is 5.66. The fraction of sp³-hybridized carbons (Fsp3) is 0.545. The Balaban J connectivity index is 1.42. The van der Waals surface area contributed by atoms with E-state index in [1.807, 2.05) is 0 Å². The SMILES string of the molecule is CCCCCCON=C(C(=O)NC1C(=O)N2C(C(=O)O)=C(CSc3nncs3)CS[C@@H]12)C1=CSCCO1. The molecule has 4 rings (SSSR count). The first-order chi connectivity index (χ1) is 18.0. The van der Waals surface area contributed by atoms with Crippen molar-refractivity contribution >= 4 is 70.1 Å². The van der Waals surface area contributed by atoms with E-state index in [1.165, 1.54) is 51.5 Å². The second-order valence-corrected chi connectivity index (χ2v) is 12.3. The quantitative estimate of drug-likeness (QED) is 0.116. The number of carbonyl (C=O) groups excluding carboxylic acids is 2. The van der Waals surface area contributed by atoms with Crippen LogP contribution in [-0.4, -0.2) is 85.6 Å². The van der Waals surface area contributed by atoms with E-state index in [1.54, 1.807) is 10.9 Å². The van der Waals surface area contributed by atoms with E-state index in [9.17, 15) is 19.5 Å². The molecule has 37 heavy (non-hydrogen) atoms. The first-order valence-electron chi connectivity index (χ1n) is 11.8. The summed E-state index contributed by atoms with van der Waals surface area (Å²) in [7, 11) is 0. The van der Waals surface area contributed by atoms with E-state index in [-0.39, 0.29) is 11.4 Å². The van der Waals surface area contributed by atoms with Crippen LogP contribution in [0.2, 0.25) is 0 Å². The van der Waals surface area contributed by atoms with Crippen LogP contribution in [0, 0.1) is 0 Å². The summed E-state index contributed by atoms with van der Waals surface area (Å²) in [6, 6.07) is -0.879. The van der Waals surface area contributed by atoms with E-state index in [2.05, 4.69) is 27.6 Å². The minimum Gasteiger partial charge on any atom is -0.490 e. The summed E-state index contributed by atoms with van der Waals surface area (Å²) in [5.74, 6) is -0.395. The lowest BCUT2D eigenvalue weighted by Gasteiger charge is -2.49. The second kappa shape index (κ2) is 13.5. The summed E-state index contributed by atoms with van der Waals surface area (Å²) in [6.45, 7) is 2.92. The maximum absolute atomic E-state index is 13.2. The number of carboxylic acids is 1. The Morgan fingerprint density at radius 3 is 2.95 bits per heavy atom. The number of carbonyl (C=O) groups is 3. The third-order valence-electron chi connectivity index (χ3n) is 5.59. The van der Waals surface area contributed by atoms with Gasteiger partial charge in [0.05, 0.1) is 6.61 Å². The van der Waals surface area contributed by atoms with Gasteiger partial charge in [-0.3, -0.25) is 14.5 Å². The van der Waals surface area contributed by atoms with E-state index in [4.69, 9.17) is 9.57 Å².